The first-order chi connectivity index (χ1) is 20.1. The molecule has 2 unspecified atom stereocenters. The van der Waals surface area contributed by atoms with Crippen molar-refractivity contribution in [3.8, 4) is 11.1 Å². The summed E-state index contributed by atoms with van der Waals surface area (Å²) in [5, 5.41) is 0. The Balaban J connectivity index is 1.50. The fourth-order valence-corrected chi connectivity index (χ4v) is 6.85. The molecule has 0 fully saturated rings. The lowest BCUT2D eigenvalue weighted by Crippen LogP contribution is -2.29. The van der Waals surface area contributed by atoms with Crippen molar-refractivity contribution in [2.75, 3.05) is 9.80 Å². The molecule has 0 aromatic heterocycles. The first-order valence-corrected chi connectivity index (χ1v) is 14.8. The largest absolute Gasteiger partial charge is 0.333 e. The predicted molar refractivity (Wildman–Crippen MR) is 175 cm³/mol. The molecule has 0 bridgehead atoms. The van der Waals surface area contributed by atoms with Gasteiger partial charge in [0.05, 0.1) is 11.7 Å². The van der Waals surface area contributed by atoms with E-state index in [1.54, 1.807) is 0 Å². The highest BCUT2D eigenvalue weighted by molar-refractivity contribution is 5.88. The fraction of sp³-hybridized carbons (Fsp3) is 0.179. The second-order valence-corrected chi connectivity index (χ2v) is 11.4. The first-order valence-electron chi connectivity index (χ1n) is 14.8. The van der Waals surface area contributed by atoms with Crippen LogP contribution in [0.3, 0.4) is 0 Å². The maximum Gasteiger partial charge on any atom is 0.0629 e. The highest BCUT2D eigenvalue weighted by Gasteiger charge is 2.38. The number of anilines is 4. The Bertz CT molecular complexity index is 1740. The van der Waals surface area contributed by atoms with Crippen LogP contribution >= 0.6 is 0 Å². The van der Waals surface area contributed by atoms with E-state index in [0.29, 0.717) is 5.92 Å². The lowest BCUT2D eigenvalue weighted by Gasteiger charge is -2.35. The smallest absolute Gasteiger partial charge is 0.0629 e. The van der Waals surface area contributed by atoms with Crippen LogP contribution in [0, 0.1) is 13.8 Å². The van der Waals surface area contributed by atoms with Gasteiger partial charge in [0.1, 0.15) is 0 Å². The summed E-state index contributed by atoms with van der Waals surface area (Å²) in [6.07, 6.45) is 16.6. The van der Waals surface area contributed by atoms with Crippen molar-refractivity contribution in [3.05, 3.63) is 156 Å². The molecule has 41 heavy (non-hydrogen) atoms. The van der Waals surface area contributed by atoms with Gasteiger partial charge in [-0.15, -0.1) is 0 Å². The van der Waals surface area contributed by atoms with E-state index in [9.17, 15) is 0 Å². The third-order valence-corrected chi connectivity index (χ3v) is 8.92. The van der Waals surface area contributed by atoms with Gasteiger partial charge in [0.2, 0.25) is 0 Å². The highest BCUT2D eigenvalue weighted by Crippen LogP contribution is 2.51. The molecule has 4 aromatic carbocycles. The minimum atomic E-state index is 0.242. The van der Waals surface area contributed by atoms with Gasteiger partial charge in [0.15, 0.2) is 0 Å². The van der Waals surface area contributed by atoms with Crippen LogP contribution in [-0.4, -0.2) is 6.04 Å². The van der Waals surface area contributed by atoms with E-state index in [2.05, 4.69) is 152 Å². The molecular weight excluding hydrogens is 496 g/mol. The molecule has 0 saturated carbocycles. The van der Waals surface area contributed by atoms with Crippen LogP contribution in [0.2, 0.25) is 0 Å². The van der Waals surface area contributed by atoms with Gasteiger partial charge in [0, 0.05) is 28.7 Å². The molecule has 2 atom stereocenters. The molecule has 202 valence electrons. The molecule has 1 aliphatic carbocycles. The first kappa shape index (κ1) is 25.4. The van der Waals surface area contributed by atoms with Gasteiger partial charge in [0.25, 0.3) is 0 Å². The molecule has 2 nitrogen and oxygen atoms in total. The minimum Gasteiger partial charge on any atom is -0.333 e. The second-order valence-electron chi connectivity index (χ2n) is 11.4. The molecule has 0 saturated heterocycles. The summed E-state index contributed by atoms with van der Waals surface area (Å²) in [5.41, 5.74) is 13.9. The van der Waals surface area contributed by atoms with Gasteiger partial charge in [-0.3, -0.25) is 0 Å². The Morgan fingerprint density at radius 2 is 1.46 bits per heavy atom. The fourth-order valence-electron chi connectivity index (χ4n) is 6.85. The lowest BCUT2D eigenvalue weighted by atomic mass is 9.91. The van der Waals surface area contributed by atoms with Crippen LogP contribution in [0.1, 0.15) is 41.0 Å². The van der Waals surface area contributed by atoms with E-state index in [1.165, 1.54) is 56.1 Å². The Hall–Kier alpha value is -4.56. The normalized spacial score (nSPS) is 20.1. The summed E-state index contributed by atoms with van der Waals surface area (Å²) >= 11 is 0. The van der Waals surface area contributed by atoms with Crippen LogP contribution in [0.5, 0.6) is 0 Å². The molecule has 0 spiro atoms. The molecule has 2 aliphatic heterocycles. The van der Waals surface area contributed by atoms with E-state index >= 15 is 0 Å². The number of aryl methyl sites for hydroxylation is 1. The van der Waals surface area contributed by atoms with Crippen molar-refractivity contribution in [2.45, 2.75) is 45.1 Å². The Morgan fingerprint density at radius 3 is 2.34 bits per heavy atom. The summed E-state index contributed by atoms with van der Waals surface area (Å²) in [6.45, 7) is 9.17. The zero-order valence-electron chi connectivity index (χ0n) is 23.9. The van der Waals surface area contributed by atoms with E-state index in [4.69, 9.17) is 0 Å². The molecule has 2 heterocycles. The number of benzene rings is 4. The average Bonchev–Trinajstić information content (AvgIpc) is 3.36. The molecule has 3 aliphatic rings. The number of nitrogens with zero attached hydrogens (tertiary/aromatic N) is 2. The van der Waals surface area contributed by atoms with Gasteiger partial charge in [-0.25, -0.2) is 0 Å². The quantitative estimate of drug-likeness (QED) is 0.242. The summed E-state index contributed by atoms with van der Waals surface area (Å²) in [7, 11) is 0. The van der Waals surface area contributed by atoms with E-state index in [0.717, 1.165) is 25.0 Å². The zero-order valence-corrected chi connectivity index (χ0v) is 23.9. The van der Waals surface area contributed by atoms with Gasteiger partial charge in [-0.2, -0.15) is 0 Å². The van der Waals surface area contributed by atoms with E-state index in [-0.39, 0.29) is 6.04 Å². The van der Waals surface area contributed by atoms with Crippen molar-refractivity contribution in [3.63, 3.8) is 0 Å². The molecule has 0 radical (unpaired) electrons. The molecular formula is C39H36N2. The van der Waals surface area contributed by atoms with Crippen LogP contribution in [0.25, 0.3) is 11.1 Å². The van der Waals surface area contributed by atoms with Crippen molar-refractivity contribution in [2.24, 2.45) is 0 Å². The number of allylic oxidation sites excluding steroid dienone is 5. The Kier molecular flexibility index (Phi) is 6.47. The molecule has 0 N–H and O–H groups in total. The van der Waals surface area contributed by atoms with Crippen LogP contribution in [0.4, 0.5) is 22.7 Å². The van der Waals surface area contributed by atoms with Crippen molar-refractivity contribution in [1.29, 1.82) is 0 Å². The summed E-state index contributed by atoms with van der Waals surface area (Å²) < 4.78 is 0. The maximum atomic E-state index is 4.66. The standard InChI is InChI=1S/C39H36N2/c1-27-15-7-9-19-32(27)31-25-38(40-28(2)16-5-4-6-17-30-18-8-12-22-35(30)40)29(3)39(26-31)41-36-23-13-10-20-33(36)34-21-11-14-24-37(34)41/h4,6-15,18-26,33,36H,2,5,16-17H2,1,3H3/b6-4-. The minimum absolute atomic E-state index is 0.242. The summed E-state index contributed by atoms with van der Waals surface area (Å²) in [5.74, 6) is 0.341. The predicted octanol–water partition coefficient (Wildman–Crippen LogP) is 10.2. The Labute approximate surface area is 244 Å². The lowest BCUT2D eigenvalue weighted by molar-refractivity contribution is 0.743. The number of hydrogen-bond acceptors (Lipinski definition) is 2. The van der Waals surface area contributed by atoms with Crippen molar-refractivity contribution >= 4 is 22.7 Å². The van der Waals surface area contributed by atoms with E-state index < -0.39 is 0 Å². The van der Waals surface area contributed by atoms with Gasteiger partial charge < -0.3 is 9.80 Å². The van der Waals surface area contributed by atoms with Gasteiger partial charge >= 0.3 is 0 Å². The monoisotopic (exact) mass is 532 g/mol. The maximum absolute atomic E-state index is 4.66. The molecule has 4 aromatic rings. The Morgan fingerprint density at radius 1 is 0.732 bits per heavy atom. The SMILES string of the molecule is C=C1CC/C=C\Cc2ccccc2N1c1cc(-c2ccccc2C)cc(N2c3ccccc3C3C=CC=CC32)c1C. The van der Waals surface area contributed by atoms with E-state index in [1.807, 2.05) is 0 Å². The number of rotatable bonds is 3. The number of hydrogen-bond donors (Lipinski definition) is 0. The number of fused-ring (bicyclic) bond motifs is 4. The topological polar surface area (TPSA) is 6.48 Å². The van der Waals surface area contributed by atoms with Gasteiger partial charge in [-0.1, -0.05) is 104 Å². The highest BCUT2D eigenvalue weighted by atomic mass is 15.2. The molecule has 0 amide bonds. The molecule has 7 rings (SSSR count). The van der Waals surface area contributed by atoms with Crippen molar-refractivity contribution in [1.82, 2.24) is 0 Å². The third-order valence-electron chi connectivity index (χ3n) is 8.92. The van der Waals surface area contributed by atoms with Gasteiger partial charge in [-0.05, 0) is 90.8 Å². The van der Waals surface area contributed by atoms with Crippen molar-refractivity contribution < 1.29 is 0 Å². The zero-order chi connectivity index (χ0) is 27.9. The summed E-state index contributed by atoms with van der Waals surface area (Å²) in [6, 6.07) is 31.5. The van der Waals surface area contributed by atoms with Crippen LogP contribution < -0.4 is 9.80 Å². The van der Waals surface area contributed by atoms with Crippen LogP contribution in [-0.2, 0) is 6.42 Å². The number of para-hydroxylation sites is 2. The van der Waals surface area contributed by atoms with Crippen LogP contribution in [0.15, 0.2) is 134 Å². The second kappa shape index (κ2) is 10.4. The molecule has 2 heteroatoms. The third kappa shape index (κ3) is 4.35. The summed E-state index contributed by atoms with van der Waals surface area (Å²) in [4.78, 5) is 5.02. The average molecular weight is 533 g/mol.